The molecule has 0 aromatic heterocycles. The van der Waals surface area contributed by atoms with E-state index in [2.05, 4.69) is 0 Å². The van der Waals surface area contributed by atoms with Crippen molar-refractivity contribution in [2.24, 2.45) is 0 Å². The van der Waals surface area contributed by atoms with E-state index in [-0.39, 0.29) is 16.3 Å². The molecule has 25 heavy (non-hydrogen) atoms. The molecule has 0 saturated carbocycles. The van der Waals surface area contributed by atoms with Gasteiger partial charge < -0.3 is 14.4 Å². The molecule has 10 heteroatoms. The van der Waals surface area contributed by atoms with E-state index in [1.165, 1.54) is 18.1 Å². The lowest BCUT2D eigenvalue weighted by atomic mass is 10.1. The summed E-state index contributed by atoms with van der Waals surface area (Å²) in [7, 11) is 2.34. The molecule has 1 aliphatic heterocycles. The Bertz CT molecular complexity index is 681. The second-order valence-electron chi connectivity index (χ2n) is 5.39. The smallest absolute Gasteiger partial charge is 0.420 e. The Morgan fingerprint density at radius 1 is 1.36 bits per heavy atom. The van der Waals surface area contributed by atoms with Crippen molar-refractivity contribution in [3.05, 3.63) is 23.3 Å². The third kappa shape index (κ3) is 3.79. The number of benzene rings is 1. The zero-order valence-electron chi connectivity index (χ0n) is 13.5. The second kappa shape index (κ2) is 7.44. The summed E-state index contributed by atoms with van der Waals surface area (Å²) in [5, 5.41) is 8.81. The van der Waals surface area contributed by atoms with E-state index in [1.54, 1.807) is 5.48 Å². The number of hydroxylamine groups is 1. The van der Waals surface area contributed by atoms with Crippen LogP contribution < -0.4 is 15.0 Å². The molecule has 1 aromatic rings. The predicted octanol–water partition coefficient (Wildman–Crippen LogP) is 2.37. The van der Waals surface area contributed by atoms with Crippen molar-refractivity contribution in [1.29, 1.82) is 0 Å². The summed E-state index contributed by atoms with van der Waals surface area (Å²) in [6.07, 6.45) is -3.61. The maximum Gasteiger partial charge on any atom is 0.420 e. The number of alkyl halides is 3. The zero-order chi connectivity index (χ0) is 18.8. The van der Waals surface area contributed by atoms with Crippen molar-refractivity contribution in [2.45, 2.75) is 25.1 Å². The summed E-state index contributed by atoms with van der Waals surface area (Å²) in [5.74, 6) is -1.21. The van der Waals surface area contributed by atoms with Crippen molar-refractivity contribution in [3.63, 3.8) is 0 Å². The zero-order valence-corrected chi connectivity index (χ0v) is 14.3. The normalized spacial score (nSPS) is 17.4. The molecular formula is C15H17F3N2O4S. The number of halogens is 3. The summed E-state index contributed by atoms with van der Waals surface area (Å²) in [5.41, 5.74) is 0.616. The molecule has 1 fully saturated rings. The van der Waals surface area contributed by atoms with Crippen LogP contribution in [0.5, 0.6) is 11.5 Å². The molecule has 138 valence electrons. The number of carbonyl (C=O) groups excluding carboxylic acids is 1. The van der Waals surface area contributed by atoms with Gasteiger partial charge >= 0.3 is 6.18 Å². The third-order valence-electron chi connectivity index (χ3n) is 3.96. The van der Waals surface area contributed by atoms with Gasteiger partial charge in [0.1, 0.15) is 16.6 Å². The van der Waals surface area contributed by atoms with Crippen LogP contribution in [0.25, 0.3) is 0 Å². The number of methoxy groups -OCH3 is 2. The summed E-state index contributed by atoms with van der Waals surface area (Å²) in [6.45, 7) is 0.395. The van der Waals surface area contributed by atoms with Crippen LogP contribution in [0.15, 0.2) is 12.1 Å². The summed E-state index contributed by atoms with van der Waals surface area (Å²) in [6, 6.07) is 1.47. The number of ether oxygens (including phenoxy) is 2. The highest BCUT2D eigenvalue weighted by Crippen LogP contribution is 2.42. The Labute approximate surface area is 147 Å². The standard InChI is InChI=1S/C15H17F3N2O4S/c1-23-11-7-8(6-9(12(11)24-2)15(16,17)18)14(25)20-5-3-4-10(20)13(21)19-22/h6-7,10,22H,3-5H2,1-2H3,(H,19,21)/t10-/m1/s1. The van der Waals surface area contributed by atoms with Gasteiger partial charge in [0, 0.05) is 12.1 Å². The summed E-state index contributed by atoms with van der Waals surface area (Å²) in [4.78, 5) is 13.3. The number of likely N-dealkylation sites (tertiary alicyclic amines) is 1. The van der Waals surface area contributed by atoms with Gasteiger partial charge in [-0.15, -0.1) is 0 Å². The Hall–Kier alpha value is -2.07. The fraction of sp³-hybridized carbons (Fsp3) is 0.467. The first kappa shape index (κ1) is 19.3. The molecule has 1 atom stereocenters. The van der Waals surface area contributed by atoms with E-state index in [0.717, 1.165) is 13.2 Å². The number of amides is 1. The van der Waals surface area contributed by atoms with Crippen molar-refractivity contribution in [2.75, 3.05) is 20.8 Å². The number of rotatable bonds is 4. The number of hydrogen-bond acceptors (Lipinski definition) is 5. The minimum atomic E-state index is -4.67. The molecule has 6 nitrogen and oxygen atoms in total. The molecule has 0 spiro atoms. The molecule has 2 N–H and O–H groups in total. The number of nitrogens with one attached hydrogen (secondary N) is 1. The van der Waals surface area contributed by atoms with Gasteiger partial charge in [0.25, 0.3) is 5.91 Å². The average molecular weight is 378 g/mol. The van der Waals surface area contributed by atoms with Gasteiger partial charge in [-0.2, -0.15) is 13.2 Å². The van der Waals surface area contributed by atoms with Crippen LogP contribution in [0.1, 0.15) is 24.0 Å². The Balaban J connectivity index is 2.48. The van der Waals surface area contributed by atoms with E-state index in [9.17, 15) is 18.0 Å². The average Bonchev–Trinajstić information content (AvgIpc) is 3.07. The first-order valence-electron chi connectivity index (χ1n) is 7.32. The van der Waals surface area contributed by atoms with E-state index in [0.29, 0.717) is 19.4 Å². The Morgan fingerprint density at radius 2 is 2.04 bits per heavy atom. The minimum absolute atomic E-state index is 0.0672. The van der Waals surface area contributed by atoms with E-state index in [1.807, 2.05) is 0 Å². The molecule has 1 amide bonds. The maximum atomic E-state index is 13.3. The Morgan fingerprint density at radius 3 is 2.56 bits per heavy atom. The number of hydrogen-bond donors (Lipinski definition) is 2. The van der Waals surface area contributed by atoms with Crippen LogP contribution in [-0.2, 0) is 11.0 Å². The maximum absolute atomic E-state index is 13.3. The van der Waals surface area contributed by atoms with Gasteiger partial charge in [0.15, 0.2) is 11.5 Å². The quantitative estimate of drug-likeness (QED) is 0.476. The first-order chi connectivity index (χ1) is 11.7. The van der Waals surface area contributed by atoms with E-state index in [4.69, 9.17) is 26.9 Å². The molecule has 1 aromatic carbocycles. The lowest BCUT2D eigenvalue weighted by molar-refractivity contribution is -0.139. The van der Waals surface area contributed by atoms with Crippen molar-refractivity contribution < 1.29 is 32.6 Å². The molecule has 1 saturated heterocycles. The van der Waals surface area contributed by atoms with E-state index >= 15 is 0 Å². The van der Waals surface area contributed by atoms with Gasteiger partial charge in [-0.25, -0.2) is 5.48 Å². The SMILES string of the molecule is COc1cc(C(=S)N2CCC[C@@H]2C(=O)NO)cc(C(F)(F)F)c1OC. The molecule has 2 rings (SSSR count). The largest absolute Gasteiger partial charge is 0.493 e. The fourth-order valence-corrected chi connectivity index (χ4v) is 3.16. The minimum Gasteiger partial charge on any atom is -0.493 e. The van der Waals surface area contributed by atoms with Gasteiger partial charge in [0.2, 0.25) is 0 Å². The second-order valence-corrected chi connectivity index (χ2v) is 5.78. The number of thiocarbonyl (C=S) groups is 1. The van der Waals surface area contributed by atoms with Gasteiger partial charge in [-0.3, -0.25) is 10.0 Å². The molecule has 1 heterocycles. The number of nitrogens with zero attached hydrogens (tertiary/aromatic N) is 1. The van der Waals surface area contributed by atoms with Gasteiger partial charge in [0.05, 0.1) is 14.2 Å². The van der Waals surface area contributed by atoms with Crippen LogP contribution in [0.2, 0.25) is 0 Å². The highest BCUT2D eigenvalue weighted by molar-refractivity contribution is 7.80. The van der Waals surface area contributed by atoms with Crippen LogP contribution in [0.4, 0.5) is 13.2 Å². The summed E-state index contributed by atoms with van der Waals surface area (Å²) < 4.78 is 49.9. The van der Waals surface area contributed by atoms with Crippen LogP contribution in [-0.4, -0.2) is 47.8 Å². The highest BCUT2D eigenvalue weighted by atomic mass is 32.1. The van der Waals surface area contributed by atoms with Gasteiger partial charge in [-0.05, 0) is 25.0 Å². The van der Waals surface area contributed by atoms with Crippen LogP contribution in [0.3, 0.4) is 0 Å². The fourth-order valence-electron chi connectivity index (χ4n) is 2.82. The highest BCUT2D eigenvalue weighted by Gasteiger charge is 2.38. The molecule has 0 aliphatic carbocycles. The number of carbonyl (C=O) groups is 1. The van der Waals surface area contributed by atoms with Crippen molar-refractivity contribution >= 4 is 23.1 Å². The molecule has 0 unspecified atom stereocenters. The van der Waals surface area contributed by atoms with Crippen molar-refractivity contribution in [3.8, 4) is 11.5 Å². The van der Waals surface area contributed by atoms with Crippen LogP contribution in [0, 0.1) is 0 Å². The predicted molar refractivity (Wildman–Crippen MR) is 85.9 cm³/mol. The van der Waals surface area contributed by atoms with Crippen LogP contribution >= 0.6 is 12.2 Å². The summed E-state index contributed by atoms with van der Waals surface area (Å²) >= 11 is 5.29. The molecule has 1 aliphatic rings. The first-order valence-corrected chi connectivity index (χ1v) is 7.73. The third-order valence-corrected chi connectivity index (χ3v) is 4.43. The van der Waals surface area contributed by atoms with Crippen molar-refractivity contribution in [1.82, 2.24) is 10.4 Å². The lowest BCUT2D eigenvalue weighted by Gasteiger charge is -2.26. The lowest BCUT2D eigenvalue weighted by Crippen LogP contribution is -2.44. The molecular weight excluding hydrogens is 361 g/mol. The van der Waals surface area contributed by atoms with E-state index < -0.39 is 29.4 Å². The molecule has 0 radical (unpaired) electrons. The Kier molecular flexibility index (Phi) is 5.73. The molecule has 0 bridgehead atoms. The van der Waals surface area contributed by atoms with Gasteiger partial charge in [-0.1, -0.05) is 12.2 Å². The topological polar surface area (TPSA) is 71.0 Å². The monoisotopic (exact) mass is 378 g/mol.